The van der Waals surface area contributed by atoms with Gasteiger partial charge in [-0.2, -0.15) is 5.10 Å². The lowest BCUT2D eigenvalue weighted by Crippen LogP contribution is -2.00. The number of hydrazone groups is 1. The second kappa shape index (κ2) is 7.18. The van der Waals surface area contributed by atoms with Gasteiger partial charge in [-0.3, -0.25) is 5.43 Å². The number of aryl methyl sites for hydroxylation is 1. The van der Waals surface area contributed by atoms with E-state index >= 15 is 0 Å². The molecule has 0 unspecified atom stereocenters. The van der Waals surface area contributed by atoms with Crippen LogP contribution in [0.15, 0.2) is 77.9 Å². The van der Waals surface area contributed by atoms with E-state index in [0.717, 1.165) is 26.6 Å². The maximum absolute atomic E-state index is 4.56. The van der Waals surface area contributed by atoms with Gasteiger partial charge in [0.2, 0.25) is 5.13 Å². The van der Waals surface area contributed by atoms with Crippen LogP contribution in [-0.2, 0) is 0 Å². The van der Waals surface area contributed by atoms with E-state index in [2.05, 4.69) is 88.5 Å². The summed E-state index contributed by atoms with van der Waals surface area (Å²) in [6, 6.07) is 25.2. The Morgan fingerprint density at radius 2 is 1.76 bits per heavy atom. The van der Waals surface area contributed by atoms with Crippen molar-refractivity contribution in [1.82, 2.24) is 9.55 Å². The highest BCUT2D eigenvalue weighted by Crippen LogP contribution is 2.27. The zero-order valence-electron chi connectivity index (χ0n) is 16.3. The van der Waals surface area contributed by atoms with Gasteiger partial charge < -0.3 is 4.57 Å². The highest BCUT2D eigenvalue weighted by atomic mass is 32.1. The fourth-order valence-electron chi connectivity index (χ4n) is 3.77. The molecule has 5 aromatic rings. The minimum Gasteiger partial charge on any atom is -0.317 e. The molecule has 2 aromatic heterocycles. The highest BCUT2D eigenvalue weighted by Gasteiger charge is 2.11. The number of nitrogens with one attached hydrogen (secondary N) is 1. The molecule has 3 aromatic carbocycles. The fourth-order valence-corrected chi connectivity index (χ4v) is 4.58. The minimum absolute atomic E-state index is 0.797. The lowest BCUT2D eigenvalue weighted by Gasteiger charge is -2.12. The number of para-hydroxylation sites is 1. The second-order valence-electron chi connectivity index (χ2n) is 7.02. The summed E-state index contributed by atoms with van der Waals surface area (Å²) >= 11 is 1.60. The Morgan fingerprint density at radius 3 is 2.66 bits per heavy atom. The third-order valence-corrected chi connectivity index (χ3v) is 6.08. The average molecular weight is 397 g/mol. The number of rotatable bonds is 4. The lowest BCUT2D eigenvalue weighted by molar-refractivity contribution is 0.973. The third kappa shape index (κ3) is 3.19. The summed E-state index contributed by atoms with van der Waals surface area (Å²) in [6.45, 7) is 4.26. The first kappa shape index (κ1) is 17.6. The molecule has 5 heteroatoms. The molecule has 4 nitrogen and oxygen atoms in total. The summed E-state index contributed by atoms with van der Waals surface area (Å²) in [7, 11) is 0. The molecule has 2 heterocycles. The number of anilines is 1. The van der Waals surface area contributed by atoms with Crippen molar-refractivity contribution >= 4 is 43.7 Å². The van der Waals surface area contributed by atoms with E-state index in [9.17, 15) is 0 Å². The summed E-state index contributed by atoms with van der Waals surface area (Å²) in [5, 5.41) is 7.72. The molecule has 142 valence electrons. The van der Waals surface area contributed by atoms with Gasteiger partial charge in [0.15, 0.2) is 0 Å². The predicted octanol–water partition coefficient (Wildman–Crippen LogP) is 6.30. The number of fused-ring (bicyclic) bond motifs is 2. The molecule has 0 radical (unpaired) electrons. The number of hydrogen-bond acceptors (Lipinski definition) is 4. The van der Waals surface area contributed by atoms with Crippen LogP contribution in [0.3, 0.4) is 0 Å². The number of thiazole rings is 1. The Labute approximate surface area is 173 Å². The molecule has 0 saturated heterocycles. The van der Waals surface area contributed by atoms with Gasteiger partial charge in [-0.15, -0.1) is 0 Å². The van der Waals surface area contributed by atoms with E-state index in [-0.39, 0.29) is 0 Å². The molecule has 0 spiro atoms. The van der Waals surface area contributed by atoms with E-state index in [1.54, 1.807) is 11.3 Å². The molecule has 0 saturated carbocycles. The van der Waals surface area contributed by atoms with Crippen LogP contribution in [0.5, 0.6) is 0 Å². The van der Waals surface area contributed by atoms with Crippen LogP contribution in [-0.4, -0.2) is 15.8 Å². The van der Waals surface area contributed by atoms with Crippen LogP contribution in [0.25, 0.3) is 26.7 Å². The van der Waals surface area contributed by atoms with Gasteiger partial charge in [-0.25, -0.2) is 4.98 Å². The van der Waals surface area contributed by atoms with Gasteiger partial charge in [0.05, 0.1) is 22.1 Å². The first-order valence-corrected chi connectivity index (χ1v) is 10.3. The maximum Gasteiger partial charge on any atom is 0.204 e. The van der Waals surface area contributed by atoms with Crippen LogP contribution in [0, 0.1) is 13.8 Å². The number of hydrogen-bond donors (Lipinski definition) is 1. The molecule has 0 amide bonds. The minimum atomic E-state index is 0.797. The van der Waals surface area contributed by atoms with Crippen molar-refractivity contribution in [3.8, 4) is 5.69 Å². The topological polar surface area (TPSA) is 42.2 Å². The van der Waals surface area contributed by atoms with E-state index < -0.39 is 0 Å². The average Bonchev–Trinajstić information content (AvgIpc) is 3.28. The highest BCUT2D eigenvalue weighted by molar-refractivity contribution is 7.22. The van der Waals surface area contributed by atoms with Crippen LogP contribution in [0.1, 0.15) is 17.0 Å². The number of nitrogens with zero attached hydrogens (tertiary/aromatic N) is 3. The van der Waals surface area contributed by atoms with Crippen molar-refractivity contribution in [2.45, 2.75) is 13.8 Å². The van der Waals surface area contributed by atoms with Crippen molar-refractivity contribution in [3.05, 3.63) is 89.7 Å². The van der Waals surface area contributed by atoms with Crippen molar-refractivity contribution in [3.63, 3.8) is 0 Å². The Balaban J connectivity index is 1.47. The molecule has 0 fully saturated rings. The van der Waals surface area contributed by atoms with Gasteiger partial charge in [-0.1, -0.05) is 59.9 Å². The first-order valence-electron chi connectivity index (χ1n) is 9.52. The molecule has 1 N–H and O–H groups in total. The Bertz CT molecular complexity index is 1320. The third-order valence-electron chi connectivity index (χ3n) is 5.14. The standard InChI is InChI=1S/C24H20N4S/c1-16-14-19(15-25-27-24-26-21-11-5-6-13-23(21)29-24)17(2)28(16)22-12-7-9-18-8-3-4-10-20(18)22/h3-15H,1-2H3,(H,26,27). The zero-order valence-corrected chi connectivity index (χ0v) is 17.1. The van der Waals surface area contributed by atoms with Crippen LogP contribution in [0.4, 0.5) is 5.13 Å². The molecule has 0 aliphatic rings. The molecule has 0 atom stereocenters. The quantitative estimate of drug-likeness (QED) is 0.286. The summed E-state index contributed by atoms with van der Waals surface area (Å²) in [5.74, 6) is 0. The summed E-state index contributed by atoms with van der Waals surface area (Å²) < 4.78 is 3.45. The van der Waals surface area contributed by atoms with Crippen LogP contribution < -0.4 is 5.43 Å². The molecular weight excluding hydrogens is 376 g/mol. The summed E-state index contributed by atoms with van der Waals surface area (Å²) in [5.41, 5.74) is 8.69. The van der Waals surface area contributed by atoms with E-state index in [1.165, 1.54) is 22.2 Å². The van der Waals surface area contributed by atoms with Gasteiger partial charge in [0.1, 0.15) is 0 Å². The van der Waals surface area contributed by atoms with Crippen molar-refractivity contribution in [2.24, 2.45) is 5.10 Å². The SMILES string of the molecule is Cc1cc(C=NNc2nc3ccccc3s2)c(C)n1-c1cccc2ccccc12. The molecular formula is C24H20N4S. The normalized spacial score (nSPS) is 11.7. The van der Waals surface area contributed by atoms with Gasteiger partial charge in [0, 0.05) is 22.3 Å². The van der Waals surface area contributed by atoms with Crippen LogP contribution >= 0.6 is 11.3 Å². The van der Waals surface area contributed by atoms with E-state index in [4.69, 9.17) is 0 Å². The van der Waals surface area contributed by atoms with E-state index in [0.29, 0.717) is 0 Å². The molecule has 0 bridgehead atoms. The van der Waals surface area contributed by atoms with Gasteiger partial charge >= 0.3 is 0 Å². The smallest absolute Gasteiger partial charge is 0.204 e. The van der Waals surface area contributed by atoms with Gasteiger partial charge in [-0.05, 0) is 43.5 Å². The van der Waals surface area contributed by atoms with Gasteiger partial charge in [0.25, 0.3) is 0 Å². The fraction of sp³-hybridized carbons (Fsp3) is 0.0833. The zero-order chi connectivity index (χ0) is 19.8. The lowest BCUT2D eigenvalue weighted by atomic mass is 10.1. The number of benzene rings is 3. The van der Waals surface area contributed by atoms with E-state index in [1.807, 2.05) is 24.4 Å². The molecule has 5 rings (SSSR count). The summed E-state index contributed by atoms with van der Waals surface area (Å²) in [4.78, 5) is 4.56. The largest absolute Gasteiger partial charge is 0.317 e. The Morgan fingerprint density at radius 1 is 0.966 bits per heavy atom. The van der Waals surface area contributed by atoms with Crippen LogP contribution in [0.2, 0.25) is 0 Å². The Kier molecular flexibility index (Phi) is 4.37. The predicted molar refractivity (Wildman–Crippen MR) is 124 cm³/mol. The number of aromatic nitrogens is 2. The van der Waals surface area contributed by atoms with Crippen molar-refractivity contribution in [1.29, 1.82) is 0 Å². The monoisotopic (exact) mass is 396 g/mol. The maximum atomic E-state index is 4.56. The van der Waals surface area contributed by atoms with Crippen molar-refractivity contribution in [2.75, 3.05) is 5.43 Å². The molecule has 29 heavy (non-hydrogen) atoms. The first-order chi connectivity index (χ1) is 14.2. The summed E-state index contributed by atoms with van der Waals surface area (Å²) in [6.07, 6.45) is 1.87. The second-order valence-corrected chi connectivity index (χ2v) is 8.05. The van der Waals surface area contributed by atoms with Crippen molar-refractivity contribution < 1.29 is 0 Å². The Hall–Kier alpha value is -3.44. The molecule has 0 aliphatic carbocycles. The molecule has 0 aliphatic heterocycles.